The van der Waals surface area contributed by atoms with Gasteiger partial charge in [0, 0.05) is 31.0 Å². The van der Waals surface area contributed by atoms with Crippen molar-refractivity contribution in [3.05, 3.63) is 0 Å². The molecule has 1 aliphatic rings. The average molecular weight is 193 g/mol. The summed E-state index contributed by atoms with van der Waals surface area (Å²) in [6, 6.07) is 2.82. The van der Waals surface area contributed by atoms with Gasteiger partial charge in [-0.05, 0) is 5.92 Å². The van der Waals surface area contributed by atoms with Crippen LogP contribution in [0, 0.1) is 23.8 Å². The molecule has 1 heterocycles. The van der Waals surface area contributed by atoms with Gasteiger partial charge >= 0.3 is 5.97 Å². The lowest BCUT2D eigenvalue weighted by atomic mass is 10.4. The number of esters is 1. The monoisotopic (exact) mass is 193 g/mol. The fourth-order valence-corrected chi connectivity index (χ4v) is 0.915. The van der Waals surface area contributed by atoms with E-state index in [2.05, 4.69) is 28.5 Å². The molecule has 0 N–H and O–H groups in total. The van der Waals surface area contributed by atoms with Gasteiger partial charge < -0.3 is 14.4 Å². The van der Waals surface area contributed by atoms with Crippen molar-refractivity contribution in [3.8, 4) is 23.8 Å². The molecule has 4 nitrogen and oxygen atoms in total. The first-order chi connectivity index (χ1) is 6.83. The summed E-state index contributed by atoms with van der Waals surface area (Å²) in [7, 11) is 1.28. The predicted molar refractivity (Wildman–Crippen MR) is 50.0 cm³/mol. The van der Waals surface area contributed by atoms with Gasteiger partial charge in [0.2, 0.25) is 0 Å². The van der Waals surface area contributed by atoms with Crippen molar-refractivity contribution in [2.45, 2.75) is 0 Å². The highest BCUT2D eigenvalue weighted by atomic mass is 16.5. The Morgan fingerprint density at radius 3 is 2.71 bits per heavy atom. The number of rotatable bonds is 0. The molecule has 0 aliphatic carbocycles. The van der Waals surface area contributed by atoms with Gasteiger partial charge in [0.25, 0.3) is 0 Å². The predicted octanol–water partition coefficient (Wildman–Crippen LogP) is -0.544. The summed E-state index contributed by atoms with van der Waals surface area (Å²) < 4.78 is 9.47. The van der Waals surface area contributed by atoms with E-state index in [1.165, 1.54) is 7.11 Å². The number of hydrogen-bond donors (Lipinski definition) is 0. The largest absolute Gasteiger partial charge is 0.459 e. The quantitative estimate of drug-likeness (QED) is 0.294. The number of carbonyl (C=O) groups excluding carboxylic acids is 1. The zero-order valence-electron chi connectivity index (χ0n) is 8.00. The number of morpholine rings is 1. The van der Waals surface area contributed by atoms with E-state index in [0.717, 1.165) is 13.1 Å². The second-order valence-electron chi connectivity index (χ2n) is 2.58. The second kappa shape index (κ2) is 5.90. The molecule has 0 saturated carbocycles. The van der Waals surface area contributed by atoms with Crippen molar-refractivity contribution in [1.82, 2.24) is 4.90 Å². The maximum Gasteiger partial charge on any atom is 0.385 e. The summed E-state index contributed by atoms with van der Waals surface area (Å²) in [4.78, 5) is 12.5. The highest BCUT2D eigenvalue weighted by Crippen LogP contribution is 1.92. The van der Waals surface area contributed by atoms with Crippen LogP contribution < -0.4 is 0 Å². The topological polar surface area (TPSA) is 38.8 Å². The lowest BCUT2D eigenvalue weighted by molar-refractivity contribution is -0.133. The van der Waals surface area contributed by atoms with Crippen molar-refractivity contribution in [2.24, 2.45) is 0 Å². The third kappa shape index (κ3) is 3.84. The molecular weight excluding hydrogens is 182 g/mol. The molecule has 0 atom stereocenters. The van der Waals surface area contributed by atoms with Gasteiger partial charge in [-0.2, -0.15) is 0 Å². The SMILES string of the molecule is COC(=O)C#CC#CN1CCOCC1. The highest BCUT2D eigenvalue weighted by Gasteiger charge is 2.04. The van der Waals surface area contributed by atoms with Crippen LogP contribution in [0.25, 0.3) is 0 Å². The molecule has 0 aromatic rings. The first-order valence-electron chi connectivity index (χ1n) is 4.25. The maximum atomic E-state index is 10.6. The molecule has 1 rings (SSSR count). The first-order valence-corrected chi connectivity index (χ1v) is 4.25. The van der Waals surface area contributed by atoms with Gasteiger partial charge in [0.05, 0.1) is 20.3 Å². The number of nitrogens with zero attached hydrogens (tertiary/aromatic N) is 1. The van der Waals surface area contributed by atoms with Crippen LogP contribution in [0.2, 0.25) is 0 Å². The Morgan fingerprint density at radius 1 is 1.36 bits per heavy atom. The molecule has 0 amide bonds. The van der Waals surface area contributed by atoms with Crippen LogP contribution in [0.1, 0.15) is 0 Å². The van der Waals surface area contributed by atoms with Gasteiger partial charge in [0.1, 0.15) is 0 Å². The molecule has 0 spiro atoms. The van der Waals surface area contributed by atoms with E-state index >= 15 is 0 Å². The van der Waals surface area contributed by atoms with Crippen LogP contribution in [0.15, 0.2) is 0 Å². The molecule has 0 aromatic carbocycles. The van der Waals surface area contributed by atoms with Crippen molar-refractivity contribution in [1.29, 1.82) is 0 Å². The van der Waals surface area contributed by atoms with E-state index in [0.29, 0.717) is 13.2 Å². The van der Waals surface area contributed by atoms with E-state index in [9.17, 15) is 4.79 Å². The van der Waals surface area contributed by atoms with E-state index in [1.807, 2.05) is 4.90 Å². The first kappa shape index (κ1) is 10.4. The molecule has 0 bridgehead atoms. The zero-order valence-corrected chi connectivity index (χ0v) is 8.00. The third-order valence-electron chi connectivity index (χ3n) is 1.64. The van der Waals surface area contributed by atoms with Crippen molar-refractivity contribution in [2.75, 3.05) is 33.4 Å². The molecule has 0 unspecified atom stereocenters. The van der Waals surface area contributed by atoms with E-state index < -0.39 is 5.97 Å². The summed E-state index contributed by atoms with van der Waals surface area (Å²) in [5.74, 6) is 6.65. The van der Waals surface area contributed by atoms with Gasteiger partial charge in [-0.15, -0.1) is 0 Å². The summed E-state index contributed by atoms with van der Waals surface area (Å²) in [5.41, 5.74) is 0. The summed E-state index contributed by atoms with van der Waals surface area (Å²) in [6.45, 7) is 2.96. The van der Waals surface area contributed by atoms with Crippen LogP contribution in [-0.2, 0) is 14.3 Å². The van der Waals surface area contributed by atoms with Gasteiger partial charge in [0.15, 0.2) is 0 Å². The molecule has 0 aromatic heterocycles. The maximum absolute atomic E-state index is 10.6. The van der Waals surface area contributed by atoms with Gasteiger partial charge in [-0.3, -0.25) is 0 Å². The Bertz CT molecular complexity index is 310. The number of ether oxygens (including phenoxy) is 2. The van der Waals surface area contributed by atoms with E-state index in [4.69, 9.17) is 4.74 Å². The van der Waals surface area contributed by atoms with Crippen molar-refractivity contribution < 1.29 is 14.3 Å². The summed E-state index contributed by atoms with van der Waals surface area (Å²) >= 11 is 0. The van der Waals surface area contributed by atoms with Crippen molar-refractivity contribution >= 4 is 5.97 Å². The molecular formula is C10H11NO3. The Morgan fingerprint density at radius 2 is 2.07 bits per heavy atom. The van der Waals surface area contributed by atoms with Crippen LogP contribution >= 0.6 is 0 Å². The van der Waals surface area contributed by atoms with Crippen LogP contribution in [0.4, 0.5) is 0 Å². The number of methoxy groups -OCH3 is 1. The molecule has 1 saturated heterocycles. The molecule has 1 aliphatic heterocycles. The van der Waals surface area contributed by atoms with Crippen LogP contribution in [0.5, 0.6) is 0 Å². The summed E-state index contributed by atoms with van der Waals surface area (Å²) in [5, 5.41) is 0. The third-order valence-corrected chi connectivity index (χ3v) is 1.64. The fourth-order valence-electron chi connectivity index (χ4n) is 0.915. The van der Waals surface area contributed by atoms with E-state index in [1.54, 1.807) is 0 Å². The smallest absolute Gasteiger partial charge is 0.385 e. The molecule has 1 fully saturated rings. The highest BCUT2D eigenvalue weighted by molar-refractivity contribution is 5.88. The van der Waals surface area contributed by atoms with Crippen LogP contribution in [0.3, 0.4) is 0 Å². The number of carbonyl (C=O) groups is 1. The van der Waals surface area contributed by atoms with Gasteiger partial charge in [-0.1, -0.05) is 0 Å². The lowest BCUT2D eigenvalue weighted by Gasteiger charge is -2.22. The minimum Gasteiger partial charge on any atom is -0.459 e. The van der Waals surface area contributed by atoms with Crippen molar-refractivity contribution in [3.63, 3.8) is 0 Å². The zero-order chi connectivity index (χ0) is 10.2. The Hall–Kier alpha value is -1.65. The average Bonchev–Trinajstić information content (AvgIpc) is 2.25. The number of hydrogen-bond acceptors (Lipinski definition) is 4. The molecule has 0 radical (unpaired) electrons. The fraction of sp³-hybridized carbons (Fsp3) is 0.500. The molecule has 74 valence electrons. The minimum atomic E-state index is -0.568. The second-order valence-corrected chi connectivity index (χ2v) is 2.58. The summed E-state index contributed by atoms with van der Waals surface area (Å²) in [6.07, 6.45) is 0. The normalized spacial score (nSPS) is 14.5. The molecule has 4 heteroatoms. The Kier molecular flexibility index (Phi) is 4.40. The van der Waals surface area contributed by atoms with Crippen LogP contribution in [-0.4, -0.2) is 44.3 Å². The molecule has 14 heavy (non-hydrogen) atoms. The van der Waals surface area contributed by atoms with Gasteiger partial charge in [-0.25, -0.2) is 4.79 Å². The van der Waals surface area contributed by atoms with E-state index in [-0.39, 0.29) is 0 Å². The lowest BCUT2D eigenvalue weighted by Crippen LogP contribution is -2.32. The Balaban J connectivity index is 2.37. The Labute approximate surface area is 83.2 Å². The minimum absolute atomic E-state index is 0.568. The standard InChI is InChI=1S/C10H11NO3/c1-13-10(12)4-2-3-5-11-6-8-14-9-7-11/h6-9H2,1H3.